The van der Waals surface area contributed by atoms with Crippen molar-refractivity contribution >= 4 is 33.5 Å². The summed E-state index contributed by atoms with van der Waals surface area (Å²) in [6.07, 6.45) is 3.45. The predicted molar refractivity (Wildman–Crippen MR) is 97.1 cm³/mol. The molecule has 132 valence electrons. The van der Waals surface area contributed by atoms with Gasteiger partial charge in [0, 0.05) is 16.9 Å². The molecule has 1 fully saturated rings. The van der Waals surface area contributed by atoms with Crippen molar-refractivity contribution in [1.82, 2.24) is 9.97 Å². The quantitative estimate of drug-likeness (QED) is 0.795. The normalized spacial score (nSPS) is 16.5. The van der Waals surface area contributed by atoms with Gasteiger partial charge in [-0.3, -0.25) is 4.79 Å². The van der Waals surface area contributed by atoms with Crippen LogP contribution in [0.4, 0.5) is 16.0 Å². The molecule has 2 aromatic rings. The third kappa shape index (κ3) is 4.32. The molecule has 1 aliphatic rings. The minimum Gasteiger partial charge on any atom is -0.330 e. The van der Waals surface area contributed by atoms with Gasteiger partial charge in [0.05, 0.1) is 31.9 Å². The van der Waals surface area contributed by atoms with Gasteiger partial charge in [0.15, 0.2) is 6.04 Å². The summed E-state index contributed by atoms with van der Waals surface area (Å²) in [6.45, 7) is 5.04. The number of carbonyl (C=O) groups excluding carboxylic acids is 1. The topological polar surface area (TPSA) is 62.6 Å². The van der Waals surface area contributed by atoms with E-state index in [1.807, 2.05) is 6.92 Å². The molecule has 1 aromatic carbocycles. The first-order chi connectivity index (χ1) is 12.0. The fraction of sp³-hybridized carbons (Fsp3) is 0.353. The summed E-state index contributed by atoms with van der Waals surface area (Å²) < 4.78 is 14.5. The summed E-state index contributed by atoms with van der Waals surface area (Å²) >= 11 is 3.21. The predicted octanol–water partition coefficient (Wildman–Crippen LogP) is 1.11. The molecule has 0 spiro atoms. The Balaban J connectivity index is 1.56. The maximum atomic E-state index is 13.9. The van der Waals surface area contributed by atoms with E-state index in [0.29, 0.717) is 4.47 Å². The zero-order chi connectivity index (χ0) is 17.8. The Kier molecular flexibility index (Phi) is 5.60. The molecule has 6 nitrogen and oxygen atoms in total. The number of hydrogen-bond donors (Lipinski definition) is 2. The molecule has 1 atom stereocenters. The van der Waals surface area contributed by atoms with E-state index in [2.05, 4.69) is 36.1 Å². The van der Waals surface area contributed by atoms with Crippen molar-refractivity contribution in [2.24, 2.45) is 0 Å². The van der Waals surface area contributed by atoms with Crippen molar-refractivity contribution in [3.8, 4) is 0 Å². The van der Waals surface area contributed by atoms with Crippen molar-refractivity contribution in [2.45, 2.75) is 13.0 Å². The van der Waals surface area contributed by atoms with Crippen molar-refractivity contribution in [3.05, 3.63) is 46.9 Å². The molecule has 0 unspecified atom stereocenters. The highest BCUT2D eigenvalue weighted by Gasteiger charge is 2.30. The van der Waals surface area contributed by atoms with E-state index in [1.165, 1.54) is 11.0 Å². The molecule has 1 saturated heterocycles. The molecule has 8 heteroatoms. The Labute approximate surface area is 154 Å². The van der Waals surface area contributed by atoms with E-state index in [0.717, 1.165) is 32.1 Å². The number of piperazine rings is 1. The summed E-state index contributed by atoms with van der Waals surface area (Å²) in [5.74, 6) is 0.0900. The first kappa shape index (κ1) is 17.8. The van der Waals surface area contributed by atoms with Crippen LogP contribution in [0, 0.1) is 5.82 Å². The van der Waals surface area contributed by atoms with E-state index in [-0.39, 0.29) is 17.6 Å². The highest BCUT2D eigenvalue weighted by atomic mass is 79.9. The number of quaternary nitrogens is 1. The molecule has 1 amide bonds. The summed E-state index contributed by atoms with van der Waals surface area (Å²) in [5.41, 5.74) is 0.204. The number of amides is 1. The van der Waals surface area contributed by atoms with Crippen LogP contribution >= 0.6 is 15.9 Å². The molecule has 0 saturated carbocycles. The van der Waals surface area contributed by atoms with Gasteiger partial charge in [-0.05, 0) is 31.2 Å². The number of carbonyl (C=O) groups is 1. The average Bonchev–Trinajstić information content (AvgIpc) is 2.64. The molecule has 2 N–H and O–H groups in total. The molecule has 0 radical (unpaired) electrons. The number of hydrogen-bond acceptors (Lipinski definition) is 4. The van der Waals surface area contributed by atoms with Crippen LogP contribution in [-0.4, -0.2) is 48.1 Å². The van der Waals surface area contributed by atoms with Crippen molar-refractivity contribution < 1.29 is 14.1 Å². The summed E-state index contributed by atoms with van der Waals surface area (Å²) in [6, 6.07) is 6.13. The van der Waals surface area contributed by atoms with Gasteiger partial charge in [-0.1, -0.05) is 15.9 Å². The SMILES string of the molecule is C[C@H](C(=O)Nc1ccc(Br)cc1F)[NH+]1CCN(c2ncccn2)CC1. The van der Waals surface area contributed by atoms with Gasteiger partial charge >= 0.3 is 0 Å². The van der Waals surface area contributed by atoms with Crippen LogP contribution in [0.25, 0.3) is 0 Å². The third-order valence-corrected chi connectivity index (χ3v) is 4.93. The number of nitrogens with zero attached hydrogens (tertiary/aromatic N) is 3. The zero-order valence-corrected chi connectivity index (χ0v) is 15.5. The van der Waals surface area contributed by atoms with E-state index in [4.69, 9.17) is 0 Å². The van der Waals surface area contributed by atoms with Crippen LogP contribution in [-0.2, 0) is 4.79 Å². The highest BCUT2D eigenvalue weighted by Crippen LogP contribution is 2.19. The number of benzene rings is 1. The second-order valence-corrected chi connectivity index (χ2v) is 6.94. The molecule has 0 bridgehead atoms. The van der Waals surface area contributed by atoms with Crippen LogP contribution in [0.1, 0.15) is 6.92 Å². The van der Waals surface area contributed by atoms with E-state index in [1.54, 1.807) is 30.6 Å². The maximum absolute atomic E-state index is 13.9. The van der Waals surface area contributed by atoms with E-state index >= 15 is 0 Å². The van der Waals surface area contributed by atoms with Gasteiger partial charge in [0.25, 0.3) is 5.91 Å². The van der Waals surface area contributed by atoms with Gasteiger partial charge in [0.2, 0.25) is 5.95 Å². The minimum absolute atomic E-state index is 0.180. The number of halogens is 2. The van der Waals surface area contributed by atoms with Crippen molar-refractivity contribution in [3.63, 3.8) is 0 Å². The molecule has 1 aromatic heterocycles. The molecule has 2 heterocycles. The average molecular weight is 409 g/mol. The van der Waals surface area contributed by atoms with Crippen molar-refractivity contribution in [1.29, 1.82) is 0 Å². The second kappa shape index (κ2) is 7.88. The standard InChI is InChI=1S/C17H19BrFN5O/c1-12(16(25)22-15-4-3-13(18)11-14(15)19)23-7-9-24(10-8-23)17-20-5-2-6-21-17/h2-6,11-12H,7-10H2,1H3,(H,22,25)/p+1/t12-/m1/s1. The molecule has 3 rings (SSSR count). The smallest absolute Gasteiger partial charge is 0.282 e. The Morgan fingerprint density at radius 1 is 1.32 bits per heavy atom. The Bertz CT molecular complexity index is 737. The van der Waals surface area contributed by atoms with Gasteiger partial charge in [0.1, 0.15) is 5.82 Å². The molecular weight excluding hydrogens is 389 g/mol. The van der Waals surface area contributed by atoms with Crippen molar-refractivity contribution in [2.75, 3.05) is 36.4 Å². The lowest BCUT2D eigenvalue weighted by atomic mass is 10.2. The van der Waals surface area contributed by atoms with E-state index < -0.39 is 5.82 Å². The van der Waals surface area contributed by atoms with Crippen LogP contribution in [0.5, 0.6) is 0 Å². The number of aromatic nitrogens is 2. The maximum Gasteiger partial charge on any atom is 0.282 e. The summed E-state index contributed by atoms with van der Waals surface area (Å²) in [5, 5.41) is 2.68. The first-order valence-corrected chi connectivity index (χ1v) is 8.96. The van der Waals surface area contributed by atoms with Gasteiger partial charge in [-0.2, -0.15) is 0 Å². The fourth-order valence-corrected chi connectivity index (χ4v) is 3.23. The van der Waals surface area contributed by atoms with Gasteiger partial charge in [-0.15, -0.1) is 0 Å². The lowest BCUT2D eigenvalue weighted by Crippen LogP contribution is -3.19. The van der Waals surface area contributed by atoms with Crippen LogP contribution in [0.15, 0.2) is 41.1 Å². The van der Waals surface area contributed by atoms with Gasteiger partial charge in [-0.25, -0.2) is 14.4 Å². The lowest BCUT2D eigenvalue weighted by Gasteiger charge is -2.34. The molecular formula is C17H20BrFN5O+. The minimum atomic E-state index is -0.448. The summed E-state index contributed by atoms with van der Waals surface area (Å²) in [7, 11) is 0. The number of anilines is 2. The Morgan fingerprint density at radius 3 is 2.64 bits per heavy atom. The van der Waals surface area contributed by atoms with E-state index in [9.17, 15) is 9.18 Å². The Hall–Kier alpha value is -2.06. The lowest BCUT2D eigenvalue weighted by molar-refractivity contribution is -0.914. The van der Waals surface area contributed by atoms with Crippen LogP contribution < -0.4 is 15.1 Å². The number of rotatable bonds is 4. The molecule has 25 heavy (non-hydrogen) atoms. The molecule has 1 aliphatic heterocycles. The zero-order valence-electron chi connectivity index (χ0n) is 13.9. The van der Waals surface area contributed by atoms with Crippen LogP contribution in [0.2, 0.25) is 0 Å². The Morgan fingerprint density at radius 2 is 2.00 bits per heavy atom. The largest absolute Gasteiger partial charge is 0.330 e. The van der Waals surface area contributed by atoms with Crippen LogP contribution in [0.3, 0.4) is 0 Å². The monoisotopic (exact) mass is 408 g/mol. The highest BCUT2D eigenvalue weighted by molar-refractivity contribution is 9.10. The first-order valence-electron chi connectivity index (χ1n) is 8.17. The molecule has 0 aliphatic carbocycles. The fourth-order valence-electron chi connectivity index (χ4n) is 2.90. The second-order valence-electron chi connectivity index (χ2n) is 6.03. The van der Waals surface area contributed by atoms with Gasteiger partial charge < -0.3 is 15.1 Å². The number of nitrogens with one attached hydrogen (secondary N) is 2. The summed E-state index contributed by atoms with van der Waals surface area (Å²) in [4.78, 5) is 24.3. The third-order valence-electron chi connectivity index (χ3n) is 4.44.